The van der Waals surface area contributed by atoms with Crippen LogP contribution >= 0.6 is 0 Å². The first-order chi connectivity index (χ1) is 9.43. The number of carbonyl (C=O) groups is 1. The fourth-order valence-electron chi connectivity index (χ4n) is 1.98. The molecule has 0 saturated heterocycles. The molecule has 1 aromatic rings. The summed E-state index contributed by atoms with van der Waals surface area (Å²) >= 11 is 0. The Balaban J connectivity index is 2.77. The van der Waals surface area contributed by atoms with Gasteiger partial charge >= 0.3 is 0 Å². The summed E-state index contributed by atoms with van der Waals surface area (Å²) < 4.78 is 26.1. The highest BCUT2D eigenvalue weighted by molar-refractivity contribution is 5.76. The summed E-state index contributed by atoms with van der Waals surface area (Å²) in [4.78, 5) is 13.9. The molecule has 0 heterocycles. The predicted molar refractivity (Wildman–Crippen MR) is 76.1 cm³/mol. The van der Waals surface area contributed by atoms with Gasteiger partial charge in [-0.15, -0.1) is 0 Å². The molecule has 1 amide bonds. The molecule has 0 radical (unpaired) electrons. The second-order valence-corrected chi connectivity index (χ2v) is 5.52. The molecule has 0 saturated carbocycles. The van der Waals surface area contributed by atoms with Gasteiger partial charge in [0.15, 0.2) is 11.6 Å². The van der Waals surface area contributed by atoms with Crippen LogP contribution in [0.4, 0.5) is 8.78 Å². The summed E-state index contributed by atoms with van der Waals surface area (Å²) in [5, 5.41) is 0. The zero-order valence-electron chi connectivity index (χ0n) is 12.5. The highest BCUT2D eigenvalue weighted by atomic mass is 19.2. The Morgan fingerprint density at radius 1 is 1.25 bits per heavy atom. The first-order valence-corrected chi connectivity index (χ1v) is 7.15. The summed E-state index contributed by atoms with van der Waals surface area (Å²) in [6, 6.07) is 3.80. The van der Waals surface area contributed by atoms with E-state index in [1.807, 2.05) is 13.8 Å². The summed E-state index contributed by atoms with van der Waals surface area (Å²) in [6.07, 6.45) is 2.38. The second-order valence-electron chi connectivity index (χ2n) is 5.52. The minimum absolute atomic E-state index is 0.0678. The first-order valence-electron chi connectivity index (χ1n) is 7.15. The van der Waals surface area contributed by atoms with E-state index in [0.717, 1.165) is 25.0 Å². The quantitative estimate of drug-likeness (QED) is 0.736. The molecule has 2 nitrogen and oxygen atoms in total. The van der Waals surface area contributed by atoms with Crippen molar-refractivity contribution in [3.63, 3.8) is 0 Å². The molecule has 0 N–H and O–H groups in total. The van der Waals surface area contributed by atoms with Gasteiger partial charge in [-0.3, -0.25) is 4.79 Å². The lowest BCUT2D eigenvalue weighted by atomic mass is 10.1. The molecule has 0 aliphatic heterocycles. The molecule has 1 rings (SSSR count). The third-order valence-corrected chi connectivity index (χ3v) is 3.07. The van der Waals surface area contributed by atoms with Crippen LogP contribution in [0.15, 0.2) is 18.2 Å². The van der Waals surface area contributed by atoms with Gasteiger partial charge < -0.3 is 4.90 Å². The standard InChI is InChI=1S/C16H23F2NO/c1-4-5-8-19(16(20)9-12(2)3)11-13-6-7-14(17)15(18)10-13/h6-7,10,12H,4-5,8-9,11H2,1-3H3. The molecule has 0 fully saturated rings. The van der Waals surface area contributed by atoms with Crippen molar-refractivity contribution in [1.82, 2.24) is 4.90 Å². The highest BCUT2D eigenvalue weighted by Crippen LogP contribution is 2.14. The lowest BCUT2D eigenvalue weighted by Crippen LogP contribution is -2.32. The Morgan fingerprint density at radius 2 is 1.95 bits per heavy atom. The molecule has 0 spiro atoms. The van der Waals surface area contributed by atoms with Gasteiger partial charge in [0.05, 0.1) is 0 Å². The molecule has 112 valence electrons. The van der Waals surface area contributed by atoms with Gasteiger partial charge in [-0.2, -0.15) is 0 Å². The second kappa shape index (κ2) is 7.98. The van der Waals surface area contributed by atoms with Crippen LogP contribution in [-0.2, 0) is 11.3 Å². The van der Waals surface area contributed by atoms with E-state index in [0.29, 0.717) is 25.1 Å². The lowest BCUT2D eigenvalue weighted by Gasteiger charge is -2.23. The van der Waals surface area contributed by atoms with Crippen molar-refractivity contribution in [2.75, 3.05) is 6.54 Å². The van der Waals surface area contributed by atoms with Crippen LogP contribution in [0.25, 0.3) is 0 Å². The lowest BCUT2D eigenvalue weighted by molar-refractivity contribution is -0.132. The number of rotatable bonds is 7. The predicted octanol–water partition coefficient (Wildman–Crippen LogP) is 4.14. The zero-order valence-corrected chi connectivity index (χ0v) is 12.5. The zero-order chi connectivity index (χ0) is 15.1. The van der Waals surface area contributed by atoms with Gasteiger partial charge in [0.1, 0.15) is 0 Å². The third kappa shape index (κ3) is 5.27. The van der Waals surface area contributed by atoms with Crippen LogP contribution in [-0.4, -0.2) is 17.4 Å². The van der Waals surface area contributed by atoms with Crippen LogP contribution in [0, 0.1) is 17.6 Å². The summed E-state index contributed by atoms with van der Waals surface area (Å²) in [7, 11) is 0. The van der Waals surface area contributed by atoms with Crippen molar-refractivity contribution < 1.29 is 13.6 Å². The maximum atomic E-state index is 13.2. The van der Waals surface area contributed by atoms with E-state index >= 15 is 0 Å². The molecule has 0 bridgehead atoms. The van der Waals surface area contributed by atoms with Crippen LogP contribution in [0.5, 0.6) is 0 Å². The smallest absolute Gasteiger partial charge is 0.223 e. The van der Waals surface area contributed by atoms with E-state index in [4.69, 9.17) is 0 Å². The number of hydrogen-bond acceptors (Lipinski definition) is 1. The van der Waals surface area contributed by atoms with Crippen molar-refractivity contribution in [2.45, 2.75) is 46.6 Å². The van der Waals surface area contributed by atoms with Crippen molar-refractivity contribution in [1.29, 1.82) is 0 Å². The van der Waals surface area contributed by atoms with Crippen LogP contribution in [0.1, 0.15) is 45.6 Å². The number of carbonyl (C=O) groups excluding carboxylic acids is 1. The molecule has 0 aromatic heterocycles. The van der Waals surface area contributed by atoms with Gasteiger partial charge in [0, 0.05) is 19.5 Å². The minimum Gasteiger partial charge on any atom is -0.338 e. The maximum absolute atomic E-state index is 13.2. The number of amides is 1. The Morgan fingerprint density at radius 3 is 2.50 bits per heavy atom. The van der Waals surface area contributed by atoms with Crippen LogP contribution in [0.3, 0.4) is 0 Å². The van der Waals surface area contributed by atoms with Crippen LogP contribution in [0.2, 0.25) is 0 Å². The largest absolute Gasteiger partial charge is 0.338 e. The average molecular weight is 283 g/mol. The molecule has 0 aliphatic carbocycles. The topological polar surface area (TPSA) is 20.3 Å². The van der Waals surface area contributed by atoms with Crippen molar-refractivity contribution in [3.8, 4) is 0 Å². The first kappa shape index (κ1) is 16.6. The fraction of sp³-hybridized carbons (Fsp3) is 0.562. The van der Waals surface area contributed by atoms with E-state index in [9.17, 15) is 13.6 Å². The van der Waals surface area contributed by atoms with E-state index in [2.05, 4.69) is 6.92 Å². The Kier molecular flexibility index (Phi) is 6.62. The Bertz CT molecular complexity index is 446. The average Bonchev–Trinajstić information content (AvgIpc) is 2.37. The van der Waals surface area contributed by atoms with E-state index in [-0.39, 0.29) is 11.8 Å². The van der Waals surface area contributed by atoms with E-state index in [1.165, 1.54) is 6.07 Å². The molecule has 1 aromatic carbocycles. The molecule has 0 aliphatic rings. The minimum atomic E-state index is -0.866. The highest BCUT2D eigenvalue weighted by Gasteiger charge is 2.15. The summed E-state index contributed by atoms with van der Waals surface area (Å²) in [6.45, 7) is 7.04. The summed E-state index contributed by atoms with van der Waals surface area (Å²) in [5.41, 5.74) is 0.622. The van der Waals surface area contributed by atoms with Gasteiger partial charge in [-0.1, -0.05) is 33.3 Å². The summed E-state index contributed by atoms with van der Waals surface area (Å²) in [5.74, 6) is -1.37. The van der Waals surface area contributed by atoms with Gasteiger partial charge in [-0.05, 0) is 30.0 Å². The number of hydrogen-bond donors (Lipinski definition) is 0. The van der Waals surface area contributed by atoms with Gasteiger partial charge in [0.2, 0.25) is 5.91 Å². The number of unbranched alkanes of at least 4 members (excludes halogenated alkanes) is 1. The Hall–Kier alpha value is -1.45. The van der Waals surface area contributed by atoms with Crippen molar-refractivity contribution in [2.24, 2.45) is 5.92 Å². The number of benzene rings is 1. The molecular formula is C16H23F2NO. The van der Waals surface area contributed by atoms with Gasteiger partial charge in [-0.25, -0.2) is 8.78 Å². The van der Waals surface area contributed by atoms with E-state index in [1.54, 1.807) is 4.90 Å². The van der Waals surface area contributed by atoms with Crippen molar-refractivity contribution in [3.05, 3.63) is 35.4 Å². The van der Waals surface area contributed by atoms with Gasteiger partial charge in [0.25, 0.3) is 0 Å². The monoisotopic (exact) mass is 283 g/mol. The third-order valence-electron chi connectivity index (χ3n) is 3.07. The fourth-order valence-corrected chi connectivity index (χ4v) is 1.98. The molecule has 0 atom stereocenters. The number of nitrogens with zero attached hydrogens (tertiary/aromatic N) is 1. The van der Waals surface area contributed by atoms with E-state index < -0.39 is 11.6 Å². The molecule has 0 unspecified atom stereocenters. The molecule has 20 heavy (non-hydrogen) atoms. The molecular weight excluding hydrogens is 260 g/mol. The normalized spacial score (nSPS) is 10.9. The Labute approximate surface area is 119 Å². The van der Waals surface area contributed by atoms with Crippen molar-refractivity contribution >= 4 is 5.91 Å². The number of halogens is 2. The van der Waals surface area contributed by atoms with Crippen LogP contribution < -0.4 is 0 Å². The molecule has 4 heteroatoms. The SMILES string of the molecule is CCCCN(Cc1ccc(F)c(F)c1)C(=O)CC(C)C. The maximum Gasteiger partial charge on any atom is 0.223 e.